The molecule has 0 saturated carbocycles. The first-order valence-electron chi connectivity index (χ1n) is 5.05. The molecule has 1 aromatic heterocycles. The van der Waals surface area contributed by atoms with Gasteiger partial charge in [-0.05, 0) is 18.2 Å². The largest absolute Gasteiger partial charge is 0.505 e. The third kappa shape index (κ3) is 2.59. The molecule has 20 heavy (non-hydrogen) atoms. The number of hydrogen-bond acceptors (Lipinski definition) is 3. The van der Waals surface area contributed by atoms with Crippen molar-refractivity contribution in [1.82, 2.24) is 9.78 Å². The zero-order valence-corrected chi connectivity index (χ0v) is 11.0. The van der Waals surface area contributed by atoms with Gasteiger partial charge in [0.15, 0.2) is 10.8 Å². The monoisotopic (exact) mass is 324 g/mol. The smallest absolute Gasteiger partial charge is 0.416 e. The Balaban J connectivity index is 2.61. The van der Waals surface area contributed by atoms with Crippen LogP contribution < -0.4 is 5.56 Å². The van der Waals surface area contributed by atoms with Gasteiger partial charge in [-0.2, -0.15) is 23.0 Å². The third-order valence-electron chi connectivity index (χ3n) is 2.40. The number of alkyl halides is 3. The molecule has 0 aliphatic carbocycles. The van der Waals surface area contributed by atoms with Crippen LogP contribution >= 0.6 is 23.2 Å². The van der Waals surface area contributed by atoms with E-state index in [1.807, 2.05) is 0 Å². The summed E-state index contributed by atoms with van der Waals surface area (Å²) in [5.41, 5.74) is -1.93. The van der Waals surface area contributed by atoms with Gasteiger partial charge in [0.1, 0.15) is 0 Å². The van der Waals surface area contributed by atoms with Crippen molar-refractivity contribution in [3.8, 4) is 11.4 Å². The highest BCUT2D eigenvalue weighted by Crippen LogP contribution is 2.32. The molecule has 9 heteroatoms. The molecule has 1 N–H and O–H groups in total. The average molecular weight is 325 g/mol. The van der Waals surface area contributed by atoms with Gasteiger partial charge in [-0.1, -0.05) is 23.2 Å². The summed E-state index contributed by atoms with van der Waals surface area (Å²) >= 11 is 11.3. The van der Waals surface area contributed by atoms with E-state index in [1.165, 1.54) is 0 Å². The van der Waals surface area contributed by atoms with E-state index in [0.29, 0.717) is 10.7 Å². The molecule has 4 nitrogen and oxygen atoms in total. The van der Waals surface area contributed by atoms with E-state index in [-0.39, 0.29) is 10.7 Å². The highest BCUT2D eigenvalue weighted by atomic mass is 35.5. The molecular formula is C11H5Cl2F3N2O2. The van der Waals surface area contributed by atoms with Gasteiger partial charge in [0, 0.05) is 0 Å². The predicted molar refractivity (Wildman–Crippen MR) is 66.5 cm³/mol. The minimum absolute atomic E-state index is 0.0773. The van der Waals surface area contributed by atoms with Gasteiger partial charge in [-0.15, -0.1) is 0 Å². The van der Waals surface area contributed by atoms with Crippen LogP contribution in [-0.2, 0) is 6.18 Å². The summed E-state index contributed by atoms with van der Waals surface area (Å²) in [6.45, 7) is 0. The summed E-state index contributed by atoms with van der Waals surface area (Å²) in [4.78, 5) is 11.8. The van der Waals surface area contributed by atoms with E-state index in [1.54, 1.807) is 0 Å². The van der Waals surface area contributed by atoms with Crippen LogP contribution in [0.2, 0.25) is 10.0 Å². The maximum absolute atomic E-state index is 12.5. The van der Waals surface area contributed by atoms with E-state index in [0.717, 1.165) is 18.3 Å². The zero-order chi connectivity index (χ0) is 15.1. The minimum atomic E-state index is -4.55. The fourth-order valence-corrected chi connectivity index (χ4v) is 1.84. The Kier molecular flexibility index (Phi) is 3.66. The summed E-state index contributed by atoms with van der Waals surface area (Å²) in [6.07, 6.45) is -3.66. The Morgan fingerprint density at radius 3 is 2.45 bits per heavy atom. The third-order valence-corrected chi connectivity index (χ3v) is 3.06. The van der Waals surface area contributed by atoms with Crippen LogP contribution in [-0.4, -0.2) is 14.9 Å². The number of nitrogens with zero attached hydrogens (tertiary/aromatic N) is 2. The van der Waals surface area contributed by atoms with Gasteiger partial charge in [0.05, 0.1) is 22.5 Å². The molecule has 0 aliphatic heterocycles. The average Bonchev–Trinajstić information content (AvgIpc) is 2.36. The Hall–Kier alpha value is -1.73. The number of halogens is 5. The second-order valence-corrected chi connectivity index (χ2v) is 4.51. The first kappa shape index (κ1) is 14.7. The standard InChI is InChI=1S/C11H5Cl2F3N2O2/c12-6-3-5(11(14,15)16)1-2-7(6)18-10(20)9(13)8(19)4-17-18/h1-4,19H. The van der Waals surface area contributed by atoms with E-state index < -0.39 is 28.1 Å². The van der Waals surface area contributed by atoms with Crippen LogP contribution in [0.25, 0.3) is 5.69 Å². The molecular weight excluding hydrogens is 320 g/mol. The van der Waals surface area contributed by atoms with Crippen molar-refractivity contribution in [2.75, 3.05) is 0 Å². The highest BCUT2D eigenvalue weighted by Gasteiger charge is 2.31. The molecule has 0 aliphatic rings. The summed E-state index contributed by atoms with van der Waals surface area (Å²) < 4.78 is 38.2. The number of rotatable bonds is 1. The number of aromatic hydroxyl groups is 1. The van der Waals surface area contributed by atoms with Crippen LogP contribution in [0, 0.1) is 0 Å². The molecule has 0 saturated heterocycles. The molecule has 0 unspecified atom stereocenters. The molecule has 0 bridgehead atoms. The summed E-state index contributed by atoms with van der Waals surface area (Å²) in [5, 5.41) is 11.9. The second-order valence-electron chi connectivity index (χ2n) is 3.72. The van der Waals surface area contributed by atoms with E-state index in [4.69, 9.17) is 23.2 Å². The van der Waals surface area contributed by atoms with Crippen molar-refractivity contribution in [2.24, 2.45) is 0 Å². The van der Waals surface area contributed by atoms with E-state index in [2.05, 4.69) is 5.10 Å². The molecule has 0 fully saturated rings. The van der Waals surface area contributed by atoms with Crippen LogP contribution in [0.3, 0.4) is 0 Å². The highest BCUT2D eigenvalue weighted by molar-refractivity contribution is 6.32. The SMILES string of the molecule is O=c1c(Cl)c(O)cnn1-c1ccc(C(F)(F)F)cc1Cl. The quantitative estimate of drug-likeness (QED) is 0.876. The number of aromatic nitrogens is 2. The predicted octanol–water partition coefficient (Wildman–Crippen LogP) is 3.26. The molecule has 2 rings (SSSR count). The lowest BCUT2D eigenvalue weighted by Crippen LogP contribution is -2.21. The lowest BCUT2D eigenvalue weighted by Gasteiger charge is -2.11. The molecule has 0 amide bonds. The molecule has 106 valence electrons. The van der Waals surface area contributed by atoms with Crippen molar-refractivity contribution < 1.29 is 18.3 Å². The molecule has 2 aromatic rings. The van der Waals surface area contributed by atoms with Crippen molar-refractivity contribution in [3.63, 3.8) is 0 Å². The summed E-state index contributed by atoms with van der Waals surface area (Å²) in [5.74, 6) is -0.532. The van der Waals surface area contributed by atoms with Crippen molar-refractivity contribution in [2.45, 2.75) is 6.18 Å². The Labute approximate surface area is 120 Å². The van der Waals surface area contributed by atoms with Gasteiger partial charge < -0.3 is 5.11 Å². The van der Waals surface area contributed by atoms with Crippen molar-refractivity contribution >= 4 is 23.2 Å². The Bertz CT molecular complexity index is 729. The lowest BCUT2D eigenvalue weighted by atomic mass is 10.2. The van der Waals surface area contributed by atoms with Crippen molar-refractivity contribution in [1.29, 1.82) is 0 Å². The second kappa shape index (κ2) is 4.99. The summed E-state index contributed by atoms with van der Waals surface area (Å²) in [7, 11) is 0. The topological polar surface area (TPSA) is 55.1 Å². The van der Waals surface area contributed by atoms with E-state index in [9.17, 15) is 23.1 Å². The van der Waals surface area contributed by atoms with Crippen LogP contribution in [0.5, 0.6) is 5.75 Å². The summed E-state index contributed by atoms with van der Waals surface area (Å²) in [6, 6.07) is 2.43. The number of hydrogen-bond donors (Lipinski definition) is 1. The van der Waals surface area contributed by atoms with Gasteiger partial charge in [0.2, 0.25) is 0 Å². The Morgan fingerprint density at radius 2 is 1.90 bits per heavy atom. The fourth-order valence-electron chi connectivity index (χ4n) is 1.45. The first-order chi connectivity index (χ1) is 9.21. The van der Waals surface area contributed by atoms with Gasteiger partial charge in [0.25, 0.3) is 5.56 Å². The number of benzene rings is 1. The van der Waals surface area contributed by atoms with Gasteiger partial charge in [-0.25, -0.2) is 0 Å². The molecule has 0 spiro atoms. The van der Waals surface area contributed by atoms with Crippen LogP contribution in [0.15, 0.2) is 29.2 Å². The molecule has 0 atom stereocenters. The zero-order valence-electron chi connectivity index (χ0n) is 9.45. The van der Waals surface area contributed by atoms with Crippen LogP contribution in [0.1, 0.15) is 5.56 Å². The van der Waals surface area contributed by atoms with E-state index >= 15 is 0 Å². The molecule has 1 heterocycles. The normalized spacial score (nSPS) is 11.7. The minimum Gasteiger partial charge on any atom is -0.505 e. The lowest BCUT2D eigenvalue weighted by molar-refractivity contribution is -0.137. The first-order valence-corrected chi connectivity index (χ1v) is 5.81. The Morgan fingerprint density at radius 1 is 1.25 bits per heavy atom. The maximum atomic E-state index is 12.5. The van der Waals surface area contributed by atoms with Crippen molar-refractivity contribution in [3.05, 3.63) is 50.4 Å². The fraction of sp³-hybridized carbons (Fsp3) is 0.0909. The van der Waals surface area contributed by atoms with Crippen LogP contribution in [0.4, 0.5) is 13.2 Å². The maximum Gasteiger partial charge on any atom is 0.416 e. The molecule has 1 aromatic carbocycles. The molecule has 0 radical (unpaired) electrons. The van der Waals surface area contributed by atoms with Gasteiger partial charge >= 0.3 is 6.18 Å². The van der Waals surface area contributed by atoms with Gasteiger partial charge in [-0.3, -0.25) is 4.79 Å².